The lowest BCUT2D eigenvalue weighted by atomic mass is 10.1. The maximum atomic E-state index is 12.6. The number of rotatable bonds is 7. The summed E-state index contributed by atoms with van der Waals surface area (Å²) in [6.45, 7) is 5.34. The van der Waals surface area contributed by atoms with Gasteiger partial charge in [-0.05, 0) is 26.3 Å². The Labute approximate surface area is 172 Å². The molecule has 0 aliphatic carbocycles. The Morgan fingerprint density at radius 3 is 2.59 bits per heavy atom. The molecule has 29 heavy (non-hydrogen) atoms. The van der Waals surface area contributed by atoms with Gasteiger partial charge >= 0.3 is 5.97 Å². The molecule has 0 amide bonds. The van der Waals surface area contributed by atoms with E-state index in [4.69, 9.17) is 4.74 Å². The second kappa shape index (κ2) is 8.80. The number of esters is 1. The minimum Gasteiger partial charge on any atom is -0.454 e. The van der Waals surface area contributed by atoms with E-state index in [0.29, 0.717) is 28.5 Å². The van der Waals surface area contributed by atoms with Crippen LogP contribution in [0.25, 0.3) is 0 Å². The van der Waals surface area contributed by atoms with Gasteiger partial charge < -0.3 is 4.74 Å². The van der Waals surface area contributed by atoms with Crippen molar-refractivity contribution in [3.05, 3.63) is 68.9 Å². The van der Waals surface area contributed by atoms with E-state index in [1.54, 1.807) is 30.8 Å². The number of Topliss-reactive ketones (excluding diaryl/α,β-unsaturated/α-hetero) is 1. The largest absolute Gasteiger partial charge is 0.454 e. The third-order valence-corrected chi connectivity index (χ3v) is 5.47. The summed E-state index contributed by atoms with van der Waals surface area (Å²) in [6, 6.07) is 11.7. The van der Waals surface area contributed by atoms with E-state index >= 15 is 0 Å². The van der Waals surface area contributed by atoms with Gasteiger partial charge in [-0.25, -0.2) is 9.78 Å². The van der Waals surface area contributed by atoms with Crippen LogP contribution < -0.4 is 0 Å². The molecule has 0 spiro atoms. The van der Waals surface area contributed by atoms with Crippen molar-refractivity contribution in [2.24, 2.45) is 0 Å². The number of aromatic nitrogens is 3. The predicted octanol–water partition coefficient (Wildman–Crippen LogP) is 3.35. The van der Waals surface area contributed by atoms with Crippen LogP contribution >= 0.6 is 11.3 Å². The third-order valence-electron chi connectivity index (χ3n) is 4.44. The number of carbonyl (C=O) groups excluding carboxylic acids is 2. The number of aryl methyl sites for hydroxylation is 2. The van der Waals surface area contributed by atoms with Gasteiger partial charge in [0.05, 0.1) is 24.0 Å². The van der Waals surface area contributed by atoms with Gasteiger partial charge in [0.25, 0.3) is 0 Å². The molecule has 3 rings (SSSR count). The fourth-order valence-corrected chi connectivity index (χ4v) is 3.83. The summed E-state index contributed by atoms with van der Waals surface area (Å²) in [5.41, 5.74) is 3.34. The Hall–Kier alpha value is -3.31. The molecule has 1 atom stereocenters. The molecule has 2 heterocycles. The van der Waals surface area contributed by atoms with Crippen molar-refractivity contribution in [3.63, 3.8) is 0 Å². The van der Waals surface area contributed by atoms with Gasteiger partial charge in [-0.2, -0.15) is 10.4 Å². The Bertz CT molecular complexity index is 1080. The molecule has 7 nitrogen and oxygen atoms in total. The fraction of sp³-hybridized carbons (Fsp3) is 0.286. The number of ketones is 1. The predicted molar refractivity (Wildman–Crippen MR) is 108 cm³/mol. The molecule has 0 saturated carbocycles. The molecule has 0 N–H and O–H groups in total. The highest BCUT2D eigenvalue weighted by Crippen LogP contribution is 2.21. The molecule has 0 bridgehead atoms. The van der Waals surface area contributed by atoms with Crippen LogP contribution in [-0.4, -0.2) is 33.1 Å². The summed E-state index contributed by atoms with van der Waals surface area (Å²) in [6.07, 6.45) is 0. The van der Waals surface area contributed by atoms with Gasteiger partial charge in [-0.3, -0.25) is 9.48 Å². The van der Waals surface area contributed by atoms with Crippen LogP contribution in [0.3, 0.4) is 0 Å². The number of nitriles is 1. The minimum atomic E-state index is -1.04. The van der Waals surface area contributed by atoms with Crippen molar-refractivity contribution < 1.29 is 14.3 Å². The zero-order chi connectivity index (χ0) is 21.0. The molecule has 148 valence electrons. The van der Waals surface area contributed by atoms with Crippen LogP contribution in [0.5, 0.6) is 0 Å². The summed E-state index contributed by atoms with van der Waals surface area (Å²) in [5.74, 6) is -2.16. The monoisotopic (exact) mass is 408 g/mol. The molecular formula is C21H20N4O3S. The molecule has 3 aromatic rings. The molecule has 0 radical (unpaired) electrons. The Balaban J connectivity index is 1.69. The first-order chi connectivity index (χ1) is 13.9. The zero-order valence-corrected chi connectivity index (χ0v) is 17.2. The van der Waals surface area contributed by atoms with E-state index in [2.05, 4.69) is 10.1 Å². The molecule has 0 unspecified atom stereocenters. The first kappa shape index (κ1) is 20.4. The minimum absolute atomic E-state index is 0.340. The van der Waals surface area contributed by atoms with Crippen molar-refractivity contribution in [3.8, 4) is 6.07 Å². The first-order valence-corrected chi connectivity index (χ1v) is 9.88. The molecule has 2 aromatic heterocycles. The lowest BCUT2D eigenvalue weighted by Crippen LogP contribution is -2.20. The summed E-state index contributed by atoms with van der Waals surface area (Å²) in [5, 5.41) is 15.9. The molecular weight excluding hydrogens is 388 g/mol. The molecule has 8 heteroatoms. The Morgan fingerprint density at radius 2 is 1.97 bits per heavy atom. The standard InChI is InChI=1S/C21H20N4O3S/c1-13-12-29-20(23-13)17(9-22)18(26)11-28-21(27)19-14(2)24-25(15(19)3)10-16-7-5-4-6-8-16/h4-8,12,17H,10-11H2,1-3H3/t17-/m1/s1. The van der Waals surface area contributed by atoms with E-state index in [9.17, 15) is 14.9 Å². The number of benzene rings is 1. The summed E-state index contributed by atoms with van der Waals surface area (Å²) in [7, 11) is 0. The van der Waals surface area contributed by atoms with Crippen LogP contribution in [0, 0.1) is 32.1 Å². The first-order valence-electron chi connectivity index (χ1n) is 9.00. The fourth-order valence-electron chi connectivity index (χ4n) is 2.96. The Morgan fingerprint density at radius 1 is 1.24 bits per heavy atom. The van der Waals surface area contributed by atoms with Crippen molar-refractivity contribution in [1.82, 2.24) is 14.8 Å². The number of ether oxygens (including phenoxy) is 1. The van der Waals surface area contributed by atoms with E-state index in [1.807, 2.05) is 36.4 Å². The summed E-state index contributed by atoms with van der Waals surface area (Å²) in [4.78, 5) is 29.1. The number of nitrogens with zero attached hydrogens (tertiary/aromatic N) is 4. The molecule has 0 fully saturated rings. The average molecular weight is 408 g/mol. The number of thiazole rings is 1. The SMILES string of the molecule is Cc1csc([C@H](C#N)C(=O)COC(=O)c2c(C)nn(Cc3ccccc3)c2C)n1. The van der Waals surface area contributed by atoms with Crippen LogP contribution in [-0.2, 0) is 16.1 Å². The van der Waals surface area contributed by atoms with Crippen LogP contribution in [0.1, 0.15) is 43.9 Å². The molecule has 0 aliphatic heterocycles. The van der Waals surface area contributed by atoms with Gasteiger partial charge in [0.2, 0.25) is 0 Å². The van der Waals surface area contributed by atoms with Crippen molar-refractivity contribution >= 4 is 23.1 Å². The lowest BCUT2D eigenvalue weighted by molar-refractivity contribution is -0.122. The van der Waals surface area contributed by atoms with Gasteiger partial charge in [0, 0.05) is 11.1 Å². The second-order valence-electron chi connectivity index (χ2n) is 6.62. The van der Waals surface area contributed by atoms with Gasteiger partial charge in [0.15, 0.2) is 18.3 Å². The Kier molecular flexibility index (Phi) is 6.20. The van der Waals surface area contributed by atoms with Crippen LogP contribution in [0.2, 0.25) is 0 Å². The van der Waals surface area contributed by atoms with Gasteiger partial charge in [-0.15, -0.1) is 11.3 Å². The molecule has 1 aromatic carbocycles. The summed E-state index contributed by atoms with van der Waals surface area (Å²) < 4.78 is 6.95. The maximum Gasteiger partial charge on any atom is 0.342 e. The van der Waals surface area contributed by atoms with Gasteiger partial charge in [0.1, 0.15) is 10.6 Å². The van der Waals surface area contributed by atoms with E-state index in [1.165, 1.54) is 11.3 Å². The van der Waals surface area contributed by atoms with Crippen LogP contribution in [0.4, 0.5) is 0 Å². The van der Waals surface area contributed by atoms with Crippen molar-refractivity contribution in [1.29, 1.82) is 5.26 Å². The number of hydrogen-bond donors (Lipinski definition) is 0. The second-order valence-corrected chi connectivity index (χ2v) is 7.51. The molecule has 0 saturated heterocycles. The zero-order valence-electron chi connectivity index (χ0n) is 16.4. The lowest BCUT2D eigenvalue weighted by Gasteiger charge is -2.08. The van der Waals surface area contributed by atoms with Crippen molar-refractivity contribution in [2.75, 3.05) is 6.61 Å². The topological polar surface area (TPSA) is 97.9 Å². The average Bonchev–Trinajstić information content (AvgIpc) is 3.24. The highest BCUT2D eigenvalue weighted by atomic mass is 32.1. The number of carbonyl (C=O) groups is 2. The normalized spacial score (nSPS) is 11.7. The maximum absolute atomic E-state index is 12.6. The quantitative estimate of drug-likeness (QED) is 0.556. The van der Waals surface area contributed by atoms with Crippen LogP contribution in [0.15, 0.2) is 35.7 Å². The number of hydrogen-bond acceptors (Lipinski definition) is 7. The highest BCUT2D eigenvalue weighted by molar-refractivity contribution is 7.09. The van der Waals surface area contributed by atoms with Gasteiger partial charge in [-0.1, -0.05) is 30.3 Å². The highest BCUT2D eigenvalue weighted by Gasteiger charge is 2.26. The van der Waals surface area contributed by atoms with Crippen molar-refractivity contribution in [2.45, 2.75) is 33.2 Å². The third kappa shape index (κ3) is 4.58. The van der Waals surface area contributed by atoms with E-state index < -0.39 is 24.3 Å². The molecule has 0 aliphatic rings. The van der Waals surface area contributed by atoms with E-state index in [0.717, 1.165) is 11.3 Å². The van der Waals surface area contributed by atoms with E-state index in [-0.39, 0.29) is 0 Å². The smallest absolute Gasteiger partial charge is 0.342 e. The summed E-state index contributed by atoms with van der Waals surface area (Å²) >= 11 is 1.24.